The maximum atomic E-state index is 5.82. The molecule has 0 saturated heterocycles. The highest BCUT2D eigenvalue weighted by molar-refractivity contribution is 7.64. The Morgan fingerprint density at radius 1 is 0.765 bits per heavy atom. The molecule has 0 atom stereocenters. The summed E-state index contributed by atoms with van der Waals surface area (Å²) in [5.41, 5.74) is 0. The van der Waals surface area contributed by atoms with Gasteiger partial charge in [-0.2, -0.15) is 0 Å². The summed E-state index contributed by atoms with van der Waals surface area (Å²) in [6.07, 6.45) is 11.6. The number of aryl methyl sites for hydroxylation is 1. The first-order valence-electron chi connectivity index (χ1n) is 6.25. The van der Waals surface area contributed by atoms with E-state index in [2.05, 4.69) is 29.1 Å². The van der Waals surface area contributed by atoms with Gasteiger partial charge >= 0.3 is 6.00 Å². The number of hydrogen-bond acceptors (Lipinski definition) is 0. The molecule has 0 N–H and O–H groups in total. The van der Waals surface area contributed by atoms with E-state index in [0.29, 0.717) is 0 Å². The second kappa shape index (κ2) is 8.47. The minimum Gasteiger partial charge on any atom is -0.354 e. The Balaban J connectivity index is 1.85. The van der Waals surface area contributed by atoms with Crippen molar-refractivity contribution in [3.63, 3.8) is 0 Å². The van der Waals surface area contributed by atoms with E-state index in [0.717, 1.165) is 19.0 Å². The van der Waals surface area contributed by atoms with Crippen LogP contribution in [0.15, 0.2) is 24.5 Å². The molecule has 0 unspecified atom stereocenters. The number of aromatic nitrogens is 1. The van der Waals surface area contributed by atoms with E-state index in [1.165, 1.54) is 32.1 Å². The van der Waals surface area contributed by atoms with Crippen molar-refractivity contribution in [1.29, 1.82) is 0 Å². The van der Waals surface area contributed by atoms with Gasteiger partial charge in [0.15, 0.2) is 0 Å². The van der Waals surface area contributed by atoms with E-state index in [4.69, 9.17) is 33.2 Å². The Bertz CT molecular complexity index is 282. The molecule has 0 amide bonds. The smallest absolute Gasteiger partial charge is 0.341 e. The highest BCUT2D eigenvalue weighted by atomic mass is 35.8. The van der Waals surface area contributed by atoms with Crippen LogP contribution in [0.5, 0.6) is 0 Å². The van der Waals surface area contributed by atoms with Gasteiger partial charge in [0.2, 0.25) is 0 Å². The molecule has 5 heteroatoms. The largest absolute Gasteiger partial charge is 0.354 e. The van der Waals surface area contributed by atoms with Crippen molar-refractivity contribution in [1.82, 2.24) is 4.57 Å². The van der Waals surface area contributed by atoms with Crippen LogP contribution in [0, 0.1) is 0 Å². The zero-order valence-corrected chi connectivity index (χ0v) is 13.3. The van der Waals surface area contributed by atoms with Gasteiger partial charge in [0.25, 0.3) is 0 Å². The molecule has 0 fully saturated rings. The van der Waals surface area contributed by atoms with Crippen LogP contribution in [0.25, 0.3) is 0 Å². The van der Waals surface area contributed by atoms with E-state index >= 15 is 0 Å². The standard InChI is InChI=1S/C12H20Cl3NSi/c13-17(14,15)12-8-4-2-1-3-5-9-16-10-6-7-11-16/h6-7,10-11H,1-5,8-9,12H2. The molecule has 0 aliphatic carbocycles. The minimum atomic E-state index is -2.36. The van der Waals surface area contributed by atoms with Gasteiger partial charge in [0, 0.05) is 18.9 Å². The summed E-state index contributed by atoms with van der Waals surface area (Å²) in [5, 5.41) is 0. The lowest BCUT2D eigenvalue weighted by Gasteiger charge is -2.07. The molecule has 0 radical (unpaired) electrons. The zero-order chi connectivity index (χ0) is 12.6. The molecule has 1 nitrogen and oxygen atoms in total. The molecule has 0 aromatic carbocycles. The summed E-state index contributed by atoms with van der Waals surface area (Å²) in [6, 6.07) is 2.59. The lowest BCUT2D eigenvalue weighted by molar-refractivity contribution is 0.559. The molecule has 1 aromatic rings. The summed E-state index contributed by atoms with van der Waals surface area (Å²) >= 11 is 17.5. The van der Waals surface area contributed by atoms with Crippen molar-refractivity contribution in [3.05, 3.63) is 24.5 Å². The van der Waals surface area contributed by atoms with Crippen LogP contribution in [-0.4, -0.2) is 10.6 Å². The fraction of sp³-hybridized carbons (Fsp3) is 0.667. The number of hydrogen-bond donors (Lipinski definition) is 0. The topological polar surface area (TPSA) is 4.93 Å². The van der Waals surface area contributed by atoms with Gasteiger partial charge in [-0.25, -0.2) is 0 Å². The van der Waals surface area contributed by atoms with Crippen molar-refractivity contribution >= 4 is 39.2 Å². The molecular weight excluding hydrogens is 293 g/mol. The van der Waals surface area contributed by atoms with Gasteiger partial charge in [0.1, 0.15) is 0 Å². The molecule has 0 aliphatic rings. The van der Waals surface area contributed by atoms with Crippen LogP contribution in [0.2, 0.25) is 6.04 Å². The predicted molar refractivity (Wildman–Crippen MR) is 80.3 cm³/mol. The molecular formula is C12H20Cl3NSi. The highest BCUT2D eigenvalue weighted by Gasteiger charge is 2.23. The first kappa shape index (κ1) is 15.4. The van der Waals surface area contributed by atoms with Crippen LogP contribution >= 0.6 is 33.2 Å². The Kier molecular flexibility index (Phi) is 7.68. The third kappa shape index (κ3) is 9.01. The van der Waals surface area contributed by atoms with Crippen molar-refractivity contribution < 1.29 is 0 Å². The minimum absolute atomic E-state index is 0.807. The number of nitrogens with zero attached hydrogens (tertiary/aromatic N) is 1. The van der Waals surface area contributed by atoms with Crippen molar-refractivity contribution in [2.45, 2.75) is 51.1 Å². The molecule has 0 saturated carbocycles. The van der Waals surface area contributed by atoms with E-state index in [1.54, 1.807) is 0 Å². The Hall–Kier alpha value is 0.367. The fourth-order valence-corrected chi connectivity index (χ4v) is 3.70. The van der Waals surface area contributed by atoms with Crippen molar-refractivity contribution in [2.24, 2.45) is 0 Å². The van der Waals surface area contributed by atoms with Crippen molar-refractivity contribution in [2.75, 3.05) is 0 Å². The monoisotopic (exact) mass is 311 g/mol. The number of halogens is 3. The molecule has 98 valence electrons. The van der Waals surface area contributed by atoms with Crippen LogP contribution in [0.3, 0.4) is 0 Å². The number of rotatable bonds is 9. The summed E-state index contributed by atoms with van der Waals surface area (Å²) in [4.78, 5) is 0. The average Bonchev–Trinajstić information content (AvgIpc) is 2.73. The predicted octanol–water partition coefficient (Wildman–Crippen LogP) is 5.48. The van der Waals surface area contributed by atoms with E-state index in [1.807, 2.05) is 0 Å². The molecule has 0 bridgehead atoms. The van der Waals surface area contributed by atoms with Gasteiger partial charge in [-0.15, -0.1) is 33.2 Å². The Morgan fingerprint density at radius 2 is 1.29 bits per heavy atom. The van der Waals surface area contributed by atoms with E-state index < -0.39 is 6.00 Å². The first-order valence-corrected chi connectivity index (χ1v) is 11.5. The first-order chi connectivity index (χ1) is 8.08. The van der Waals surface area contributed by atoms with E-state index in [-0.39, 0.29) is 0 Å². The summed E-state index contributed by atoms with van der Waals surface area (Å²) < 4.78 is 2.23. The lowest BCUT2D eigenvalue weighted by atomic mass is 10.1. The SMILES string of the molecule is Cl[Si](Cl)(Cl)CCCCCCCCn1cccc1. The third-order valence-corrected chi connectivity index (χ3v) is 5.41. The third-order valence-electron chi connectivity index (χ3n) is 2.79. The maximum Gasteiger partial charge on any atom is 0.341 e. The second-order valence-electron chi connectivity index (χ2n) is 4.41. The van der Waals surface area contributed by atoms with Crippen molar-refractivity contribution in [3.8, 4) is 0 Å². The van der Waals surface area contributed by atoms with Gasteiger partial charge in [0.05, 0.1) is 0 Å². The summed E-state index contributed by atoms with van der Waals surface area (Å²) in [7, 11) is 0. The van der Waals surface area contributed by atoms with Crippen LogP contribution < -0.4 is 0 Å². The quantitative estimate of drug-likeness (QED) is 0.323. The van der Waals surface area contributed by atoms with Crippen LogP contribution in [-0.2, 0) is 6.54 Å². The normalized spacial score (nSPS) is 11.9. The second-order valence-corrected chi connectivity index (χ2v) is 13.7. The fourth-order valence-electron chi connectivity index (χ4n) is 1.85. The molecule has 1 rings (SSSR count). The van der Waals surface area contributed by atoms with Gasteiger partial charge in [-0.3, -0.25) is 0 Å². The number of unbranched alkanes of at least 4 members (excludes halogenated alkanes) is 5. The highest BCUT2D eigenvalue weighted by Crippen LogP contribution is 2.27. The molecule has 1 aromatic heterocycles. The average molecular weight is 313 g/mol. The molecule has 0 aliphatic heterocycles. The zero-order valence-electron chi connectivity index (χ0n) is 10.0. The Labute approximate surface area is 119 Å². The van der Waals surface area contributed by atoms with Gasteiger partial charge in [-0.1, -0.05) is 32.1 Å². The Morgan fingerprint density at radius 3 is 1.88 bits per heavy atom. The summed E-state index contributed by atoms with van der Waals surface area (Å²) in [6.45, 7) is 1.13. The van der Waals surface area contributed by atoms with Crippen LogP contribution in [0.1, 0.15) is 38.5 Å². The van der Waals surface area contributed by atoms with Gasteiger partial charge < -0.3 is 4.57 Å². The summed E-state index contributed by atoms with van der Waals surface area (Å²) in [5.74, 6) is 0. The van der Waals surface area contributed by atoms with Crippen LogP contribution in [0.4, 0.5) is 0 Å². The van der Waals surface area contributed by atoms with E-state index in [9.17, 15) is 0 Å². The molecule has 1 heterocycles. The molecule has 17 heavy (non-hydrogen) atoms. The van der Waals surface area contributed by atoms with Gasteiger partial charge in [-0.05, 0) is 24.6 Å². The maximum absolute atomic E-state index is 5.82. The molecule has 0 spiro atoms. The lowest BCUT2D eigenvalue weighted by Crippen LogP contribution is -2.07.